The molecule has 0 atom stereocenters. The summed E-state index contributed by atoms with van der Waals surface area (Å²) in [5.41, 5.74) is 0.874. The number of hydrogen-bond acceptors (Lipinski definition) is 6. The normalized spacial score (nSPS) is 15.3. The third-order valence-corrected chi connectivity index (χ3v) is 3.88. The number of pyridine rings is 1. The Morgan fingerprint density at radius 1 is 1.29 bits per heavy atom. The van der Waals surface area contributed by atoms with Gasteiger partial charge in [0.2, 0.25) is 5.91 Å². The van der Waals surface area contributed by atoms with Crippen molar-refractivity contribution < 1.29 is 9.53 Å². The molecule has 0 unspecified atom stereocenters. The predicted octanol–water partition coefficient (Wildman–Crippen LogP) is 0.248. The number of carbonyl (C=O) groups excluding carboxylic acids is 1. The standard InChI is InChI=1S/C16H22N6O2/c23-15(18-4-1-7-22-8-10-24-11-9-22)12-14-19-16(21-20-14)13-2-5-17-6-3-13/h2-3,5-6H,1,4,7-12H2,(H,18,23)(H,19,20,21). The molecule has 0 bridgehead atoms. The average molecular weight is 330 g/mol. The van der Waals surface area contributed by atoms with E-state index in [4.69, 9.17) is 4.74 Å². The van der Waals surface area contributed by atoms with Crippen molar-refractivity contribution in [2.75, 3.05) is 39.4 Å². The summed E-state index contributed by atoms with van der Waals surface area (Å²) in [5, 5.41) is 9.87. The molecule has 2 aromatic rings. The lowest BCUT2D eigenvalue weighted by Gasteiger charge is -2.26. The molecule has 0 saturated carbocycles. The van der Waals surface area contributed by atoms with E-state index in [-0.39, 0.29) is 12.3 Å². The second-order valence-corrected chi connectivity index (χ2v) is 5.68. The monoisotopic (exact) mass is 330 g/mol. The summed E-state index contributed by atoms with van der Waals surface area (Å²) in [6.45, 7) is 5.21. The number of rotatable bonds is 7. The molecule has 1 aliphatic rings. The molecule has 0 aromatic carbocycles. The van der Waals surface area contributed by atoms with Crippen molar-refractivity contribution in [3.63, 3.8) is 0 Å². The van der Waals surface area contributed by atoms with E-state index in [0.717, 1.165) is 44.8 Å². The fourth-order valence-electron chi connectivity index (χ4n) is 2.57. The van der Waals surface area contributed by atoms with E-state index in [1.807, 2.05) is 12.1 Å². The van der Waals surface area contributed by atoms with Crippen molar-refractivity contribution in [3.05, 3.63) is 30.4 Å². The van der Waals surface area contributed by atoms with Gasteiger partial charge in [0.25, 0.3) is 0 Å². The van der Waals surface area contributed by atoms with Gasteiger partial charge in [-0.05, 0) is 25.1 Å². The largest absolute Gasteiger partial charge is 0.379 e. The molecule has 3 heterocycles. The first-order valence-electron chi connectivity index (χ1n) is 8.20. The second-order valence-electron chi connectivity index (χ2n) is 5.68. The zero-order valence-corrected chi connectivity index (χ0v) is 13.6. The number of hydrogen-bond donors (Lipinski definition) is 2. The summed E-state index contributed by atoms with van der Waals surface area (Å²) in [5.74, 6) is 1.09. The van der Waals surface area contributed by atoms with Crippen LogP contribution in [0.4, 0.5) is 0 Å². The maximum Gasteiger partial charge on any atom is 0.227 e. The Bertz CT molecular complexity index is 639. The Morgan fingerprint density at radius 3 is 2.88 bits per heavy atom. The van der Waals surface area contributed by atoms with Crippen LogP contribution in [-0.4, -0.2) is 70.4 Å². The van der Waals surface area contributed by atoms with Crippen molar-refractivity contribution >= 4 is 5.91 Å². The topological polar surface area (TPSA) is 96.0 Å². The van der Waals surface area contributed by atoms with Crippen molar-refractivity contribution in [1.29, 1.82) is 0 Å². The molecule has 2 N–H and O–H groups in total. The molecule has 24 heavy (non-hydrogen) atoms. The highest BCUT2D eigenvalue weighted by molar-refractivity contribution is 5.77. The van der Waals surface area contributed by atoms with Crippen molar-refractivity contribution in [2.45, 2.75) is 12.8 Å². The molecule has 128 valence electrons. The van der Waals surface area contributed by atoms with Crippen LogP contribution in [0.25, 0.3) is 11.4 Å². The molecule has 8 heteroatoms. The van der Waals surface area contributed by atoms with Crippen molar-refractivity contribution in [3.8, 4) is 11.4 Å². The zero-order valence-electron chi connectivity index (χ0n) is 13.6. The molecule has 2 aromatic heterocycles. The summed E-state index contributed by atoms with van der Waals surface area (Å²) in [4.78, 5) is 22.6. The molecular weight excluding hydrogens is 308 g/mol. The number of aromatic nitrogens is 4. The van der Waals surface area contributed by atoms with Gasteiger partial charge in [0, 0.05) is 37.6 Å². The van der Waals surface area contributed by atoms with Gasteiger partial charge in [-0.15, -0.1) is 0 Å². The number of nitrogens with zero attached hydrogens (tertiary/aromatic N) is 4. The van der Waals surface area contributed by atoms with Crippen LogP contribution in [0.15, 0.2) is 24.5 Å². The first-order valence-corrected chi connectivity index (χ1v) is 8.20. The summed E-state index contributed by atoms with van der Waals surface area (Å²) in [6, 6.07) is 3.66. The maximum absolute atomic E-state index is 12.0. The quantitative estimate of drug-likeness (QED) is 0.707. The smallest absolute Gasteiger partial charge is 0.227 e. The van der Waals surface area contributed by atoms with Gasteiger partial charge >= 0.3 is 0 Å². The molecule has 1 amide bonds. The zero-order chi connectivity index (χ0) is 16.6. The number of aromatic amines is 1. The molecule has 1 fully saturated rings. The van der Waals surface area contributed by atoms with Gasteiger partial charge in [0.15, 0.2) is 5.82 Å². The Morgan fingerprint density at radius 2 is 2.08 bits per heavy atom. The maximum atomic E-state index is 12.0. The summed E-state index contributed by atoms with van der Waals surface area (Å²) in [7, 11) is 0. The molecular formula is C16H22N6O2. The second kappa shape index (κ2) is 8.51. The molecule has 1 saturated heterocycles. The fraction of sp³-hybridized carbons (Fsp3) is 0.500. The van der Waals surface area contributed by atoms with Gasteiger partial charge in [-0.2, -0.15) is 5.10 Å². The number of nitrogens with one attached hydrogen (secondary N) is 2. The number of H-pyrrole nitrogens is 1. The van der Waals surface area contributed by atoms with Crippen LogP contribution >= 0.6 is 0 Å². The highest BCUT2D eigenvalue weighted by Crippen LogP contribution is 2.12. The molecule has 0 spiro atoms. The number of ether oxygens (including phenoxy) is 1. The summed E-state index contributed by atoms with van der Waals surface area (Å²) in [6.07, 6.45) is 4.51. The number of carbonyl (C=O) groups is 1. The minimum Gasteiger partial charge on any atom is -0.379 e. The van der Waals surface area contributed by atoms with Gasteiger partial charge in [0.05, 0.1) is 19.6 Å². The molecule has 8 nitrogen and oxygen atoms in total. The molecule has 0 aliphatic carbocycles. The molecule has 0 radical (unpaired) electrons. The lowest BCUT2D eigenvalue weighted by atomic mass is 10.2. The van der Waals surface area contributed by atoms with E-state index in [1.54, 1.807) is 12.4 Å². The van der Waals surface area contributed by atoms with E-state index in [2.05, 4.69) is 30.4 Å². The van der Waals surface area contributed by atoms with Crippen LogP contribution < -0.4 is 5.32 Å². The SMILES string of the molecule is O=C(Cc1nc(-c2ccncc2)n[nH]1)NCCCN1CCOCC1. The summed E-state index contributed by atoms with van der Waals surface area (Å²) < 4.78 is 5.31. The van der Waals surface area contributed by atoms with Crippen LogP contribution in [0.5, 0.6) is 0 Å². The molecule has 1 aliphatic heterocycles. The van der Waals surface area contributed by atoms with Crippen LogP contribution in [0.2, 0.25) is 0 Å². The minimum atomic E-state index is -0.0468. The van der Waals surface area contributed by atoms with E-state index < -0.39 is 0 Å². The number of morpholine rings is 1. The van der Waals surface area contributed by atoms with Crippen LogP contribution in [0.1, 0.15) is 12.2 Å². The average Bonchev–Trinajstić information content (AvgIpc) is 3.09. The van der Waals surface area contributed by atoms with Gasteiger partial charge in [-0.25, -0.2) is 4.98 Å². The fourth-order valence-corrected chi connectivity index (χ4v) is 2.57. The van der Waals surface area contributed by atoms with Gasteiger partial charge in [-0.1, -0.05) is 0 Å². The summed E-state index contributed by atoms with van der Waals surface area (Å²) >= 11 is 0. The minimum absolute atomic E-state index is 0.0468. The Hall–Kier alpha value is -2.32. The first-order chi connectivity index (χ1) is 11.8. The van der Waals surface area contributed by atoms with Crippen molar-refractivity contribution in [2.24, 2.45) is 0 Å². The van der Waals surface area contributed by atoms with Crippen molar-refractivity contribution in [1.82, 2.24) is 30.4 Å². The van der Waals surface area contributed by atoms with Gasteiger partial charge < -0.3 is 10.1 Å². The van der Waals surface area contributed by atoms with Crippen LogP contribution in [0.3, 0.4) is 0 Å². The predicted molar refractivity (Wildman–Crippen MR) is 88.2 cm³/mol. The first kappa shape index (κ1) is 16.5. The molecule has 3 rings (SSSR count). The Balaban J connectivity index is 1.38. The lowest BCUT2D eigenvalue weighted by Crippen LogP contribution is -2.38. The number of amides is 1. The Kier molecular flexibility index (Phi) is 5.86. The van der Waals surface area contributed by atoms with Crippen LogP contribution in [0, 0.1) is 0 Å². The third kappa shape index (κ3) is 4.84. The lowest BCUT2D eigenvalue weighted by molar-refractivity contribution is -0.120. The van der Waals surface area contributed by atoms with Gasteiger partial charge in [0.1, 0.15) is 5.82 Å². The third-order valence-electron chi connectivity index (χ3n) is 3.88. The Labute approximate surface area is 140 Å². The highest BCUT2D eigenvalue weighted by Gasteiger charge is 2.11. The highest BCUT2D eigenvalue weighted by atomic mass is 16.5. The van der Waals surface area contributed by atoms with E-state index in [0.29, 0.717) is 18.2 Å². The van der Waals surface area contributed by atoms with Crippen LogP contribution in [-0.2, 0) is 16.0 Å². The van der Waals surface area contributed by atoms with E-state index >= 15 is 0 Å². The van der Waals surface area contributed by atoms with E-state index in [1.165, 1.54) is 0 Å². The van der Waals surface area contributed by atoms with Gasteiger partial charge in [-0.3, -0.25) is 19.8 Å². The van der Waals surface area contributed by atoms with E-state index in [9.17, 15) is 4.79 Å².